The molecule has 3 aromatic heterocycles. The van der Waals surface area contributed by atoms with Gasteiger partial charge in [-0.2, -0.15) is 9.61 Å². The van der Waals surface area contributed by atoms with E-state index in [4.69, 9.17) is 15.6 Å². The van der Waals surface area contributed by atoms with Crippen molar-refractivity contribution >= 4 is 33.1 Å². The van der Waals surface area contributed by atoms with E-state index in [0.29, 0.717) is 18.1 Å². The van der Waals surface area contributed by atoms with E-state index in [-0.39, 0.29) is 0 Å². The molecule has 2 aromatic carbocycles. The van der Waals surface area contributed by atoms with Gasteiger partial charge >= 0.3 is 0 Å². The second kappa shape index (κ2) is 5.95. The first-order chi connectivity index (χ1) is 13.2. The van der Waals surface area contributed by atoms with E-state index in [0.717, 1.165) is 27.5 Å². The number of nitrogens with two attached hydrogens (primary N) is 1. The summed E-state index contributed by atoms with van der Waals surface area (Å²) in [6.07, 6.45) is 4.40. The van der Waals surface area contributed by atoms with Crippen molar-refractivity contribution < 1.29 is 4.74 Å². The van der Waals surface area contributed by atoms with Crippen molar-refractivity contribution in [2.45, 2.75) is 6.42 Å². The van der Waals surface area contributed by atoms with Crippen molar-refractivity contribution in [2.24, 2.45) is 0 Å². The number of benzene rings is 2. The van der Waals surface area contributed by atoms with Gasteiger partial charge in [-0.1, -0.05) is 30.3 Å². The molecule has 3 heterocycles. The van der Waals surface area contributed by atoms with E-state index in [1.54, 1.807) is 11.6 Å². The molecule has 0 aliphatic carbocycles. The second-order valence-electron chi connectivity index (χ2n) is 6.45. The van der Waals surface area contributed by atoms with Gasteiger partial charge in [0.15, 0.2) is 0 Å². The van der Waals surface area contributed by atoms with Gasteiger partial charge < -0.3 is 10.5 Å². The van der Waals surface area contributed by atoms with Crippen molar-refractivity contribution in [3.05, 3.63) is 72.2 Å². The summed E-state index contributed by atoms with van der Waals surface area (Å²) in [7, 11) is 1.63. The lowest BCUT2D eigenvalue weighted by molar-refractivity contribution is 0.419. The molecule has 0 bridgehead atoms. The SMILES string of the molecule is COc1cccc2c1nc(N)n1nc(Cc3cccc4cnccc34)cc21. The number of ether oxygens (including phenoxy) is 1. The topological polar surface area (TPSA) is 78.3 Å². The Kier molecular flexibility index (Phi) is 3.43. The molecule has 0 saturated carbocycles. The number of pyridine rings is 1. The highest BCUT2D eigenvalue weighted by atomic mass is 16.5. The van der Waals surface area contributed by atoms with Crippen molar-refractivity contribution in [1.82, 2.24) is 19.6 Å². The molecule has 5 aromatic rings. The van der Waals surface area contributed by atoms with Crippen molar-refractivity contribution in [3.63, 3.8) is 0 Å². The van der Waals surface area contributed by atoms with Crippen molar-refractivity contribution in [2.75, 3.05) is 12.8 Å². The van der Waals surface area contributed by atoms with Gasteiger partial charge in [-0.05, 0) is 29.1 Å². The zero-order valence-corrected chi connectivity index (χ0v) is 14.8. The third kappa shape index (κ3) is 2.45. The summed E-state index contributed by atoms with van der Waals surface area (Å²) in [5.41, 5.74) is 9.97. The van der Waals surface area contributed by atoms with E-state index >= 15 is 0 Å². The van der Waals surface area contributed by atoms with Crippen LogP contribution in [0.4, 0.5) is 5.95 Å². The first kappa shape index (κ1) is 15.6. The highest BCUT2D eigenvalue weighted by molar-refractivity contribution is 5.97. The van der Waals surface area contributed by atoms with Crippen LogP contribution in [0, 0.1) is 0 Å². The molecule has 0 aliphatic heterocycles. The van der Waals surface area contributed by atoms with Crippen LogP contribution < -0.4 is 10.5 Å². The minimum Gasteiger partial charge on any atom is -0.494 e. The molecule has 0 radical (unpaired) electrons. The predicted molar refractivity (Wildman–Crippen MR) is 106 cm³/mol. The van der Waals surface area contributed by atoms with Crippen molar-refractivity contribution in [1.29, 1.82) is 0 Å². The molecular formula is C21H17N5O. The van der Waals surface area contributed by atoms with Crippen LogP contribution in [0.1, 0.15) is 11.3 Å². The number of nitrogens with zero attached hydrogens (tertiary/aromatic N) is 4. The number of nitrogen functional groups attached to an aromatic ring is 1. The van der Waals surface area contributed by atoms with Crippen LogP contribution >= 0.6 is 0 Å². The predicted octanol–water partition coefficient (Wildman–Crippen LogP) is 3.61. The van der Waals surface area contributed by atoms with E-state index in [9.17, 15) is 0 Å². The summed E-state index contributed by atoms with van der Waals surface area (Å²) in [6, 6.07) is 16.2. The van der Waals surface area contributed by atoms with Gasteiger partial charge in [0, 0.05) is 29.6 Å². The highest BCUT2D eigenvalue weighted by Gasteiger charge is 2.13. The molecule has 0 saturated heterocycles. The van der Waals surface area contributed by atoms with E-state index in [2.05, 4.69) is 28.2 Å². The standard InChI is InChI=1S/C21H17N5O/c1-27-19-7-3-6-17-18-11-15(25-26(18)21(22)24-20(17)19)10-13-4-2-5-14-12-23-9-8-16(13)14/h2-9,11-12H,10H2,1H3,(H2,22,24). The Morgan fingerprint density at radius 1 is 1.07 bits per heavy atom. The maximum atomic E-state index is 6.17. The van der Waals surface area contributed by atoms with Gasteiger partial charge in [0.1, 0.15) is 11.3 Å². The van der Waals surface area contributed by atoms with Crippen LogP contribution in [0.25, 0.3) is 27.2 Å². The second-order valence-corrected chi connectivity index (χ2v) is 6.45. The third-order valence-electron chi connectivity index (χ3n) is 4.84. The lowest BCUT2D eigenvalue weighted by atomic mass is 10.0. The molecule has 0 fully saturated rings. The van der Waals surface area contributed by atoms with Crippen molar-refractivity contribution in [3.8, 4) is 5.75 Å². The highest BCUT2D eigenvalue weighted by Crippen LogP contribution is 2.29. The molecule has 0 aliphatic rings. The molecule has 6 nitrogen and oxygen atoms in total. The van der Waals surface area contributed by atoms with Crippen LogP contribution in [-0.2, 0) is 6.42 Å². The fourth-order valence-electron chi connectivity index (χ4n) is 3.59. The van der Waals surface area contributed by atoms with Gasteiger partial charge in [0.2, 0.25) is 5.95 Å². The minimum atomic E-state index is 0.343. The summed E-state index contributed by atoms with van der Waals surface area (Å²) in [4.78, 5) is 8.69. The summed E-state index contributed by atoms with van der Waals surface area (Å²) < 4.78 is 7.13. The van der Waals surface area contributed by atoms with Crippen LogP contribution in [0.15, 0.2) is 60.9 Å². The smallest absolute Gasteiger partial charge is 0.222 e. The molecule has 0 amide bonds. The third-order valence-corrected chi connectivity index (χ3v) is 4.84. The number of fused-ring (bicyclic) bond motifs is 4. The maximum absolute atomic E-state index is 6.17. The normalized spacial score (nSPS) is 11.4. The Labute approximate surface area is 155 Å². The monoisotopic (exact) mass is 355 g/mol. The first-order valence-corrected chi connectivity index (χ1v) is 8.67. The molecule has 27 heavy (non-hydrogen) atoms. The van der Waals surface area contributed by atoms with Gasteiger partial charge in [0.05, 0.1) is 18.3 Å². The average Bonchev–Trinajstić information content (AvgIpc) is 3.13. The molecule has 6 heteroatoms. The fourth-order valence-corrected chi connectivity index (χ4v) is 3.59. The quantitative estimate of drug-likeness (QED) is 0.535. The van der Waals surface area contributed by atoms with Gasteiger partial charge in [-0.3, -0.25) is 4.98 Å². The van der Waals surface area contributed by atoms with E-state index in [1.165, 1.54) is 10.9 Å². The average molecular weight is 355 g/mol. The summed E-state index contributed by atoms with van der Waals surface area (Å²) in [5, 5.41) is 7.96. The van der Waals surface area contributed by atoms with Crippen LogP contribution in [0.2, 0.25) is 0 Å². The zero-order chi connectivity index (χ0) is 18.4. The Morgan fingerprint density at radius 2 is 1.96 bits per heavy atom. The lowest BCUT2D eigenvalue weighted by Crippen LogP contribution is -2.03. The van der Waals surface area contributed by atoms with Crippen LogP contribution in [-0.4, -0.2) is 26.7 Å². The van der Waals surface area contributed by atoms with Gasteiger partial charge in [-0.25, -0.2) is 4.98 Å². The number of para-hydroxylation sites is 1. The first-order valence-electron chi connectivity index (χ1n) is 8.67. The Bertz CT molecular complexity index is 1300. The number of aromatic nitrogens is 4. The fraction of sp³-hybridized carbons (Fsp3) is 0.0952. The molecule has 2 N–H and O–H groups in total. The Morgan fingerprint density at radius 3 is 2.85 bits per heavy atom. The van der Waals surface area contributed by atoms with E-state index < -0.39 is 0 Å². The Hall–Kier alpha value is -3.67. The largest absolute Gasteiger partial charge is 0.494 e. The molecule has 132 valence electrons. The number of methoxy groups -OCH3 is 1. The van der Waals surface area contributed by atoms with E-state index in [1.807, 2.05) is 42.7 Å². The number of hydrogen-bond acceptors (Lipinski definition) is 5. The lowest BCUT2D eigenvalue weighted by Gasteiger charge is -2.07. The molecule has 0 unspecified atom stereocenters. The molecule has 0 atom stereocenters. The minimum absolute atomic E-state index is 0.343. The molecule has 0 spiro atoms. The number of hydrogen-bond donors (Lipinski definition) is 1. The van der Waals surface area contributed by atoms with Crippen LogP contribution in [0.3, 0.4) is 0 Å². The summed E-state index contributed by atoms with van der Waals surface area (Å²) >= 11 is 0. The Balaban J connectivity index is 1.68. The van der Waals surface area contributed by atoms with Gasteiger partial charge in [-0.15, -0.1) is 0 Å². The summed E-state index contributed by atoms with van der Waals surface area (Å²) in [6.45, 7) is 0. The summed E-state index contributed by atoms with van der Waals surface area (Å²) in [5.74, 6) is 1.04. The number of rotatable bonds is 3. The molecular weight excluding hydrogens is 338 g/mol. The maximum Gasteiger partial charge on any atom is 0.222 e. The molecule has 5 rings (SSSR count). The zero-order valence-electron chi connectivity index (χ0n) is 14.8. The number of anilines is 1. The van der Waals surface area contributed by atoms with Gasteiger partial charge in [0.25, 0.3) is 0 Å². The van der Waals surface area contributed by atoms with Crippen LogP contribution in [0.5, 0.6) is 5.75 Å².